The number of ether oxygens (including phenoxy) is 1. The number of aryl methyl sites for hydroxylation is 2. The van der Waals surface area contributed by atoms with E-state index < -0.39 is 5.41 Å². The molecule has 0 bridgehead atoms. The molecule has 1 heterocycles. The van der Waals surface area contributed by atoms with E-state index in [1.807, 2.05) is 26.1 Å². The zero-order valence-electron chi connectivity index (χ0n) is 16.9. The van der Waals surface area contributed by atoms with Crippen molar-refractivity contribution in [1.82, 2.24) is 9.78 Å². The van der Waals surface area contributed by atoms with Gasteiger partial charge < -0.3 is 10.1 Å². The van der Waals surface area contributed by atoms with Crippen LogP contribution in [0.5, 0.6) is 5.75 Å². The lowest BCUT2D eigenvalue weighted by atomic mass is 9.93. The highest BCUT2D eigenvalue weighted by Crippen LogP contribution is 2.55. The number of benzene rings is 2. The fourth-order valence-corrected chi connectivity index (χ4v) is 3.78. The van der Waals surface area contributed by atoms with Crippen molar-refractivity contribution in [3.63, 3.8) is 0 Å². The van der Waals surface area contributed by atoms with E-state index in [-0.39, 0.29) is 30.1 Å². The van der Waals surface area contributed by atoms with Gasteiger partial charge in [-0.3, -0.25) is 9.48 Å². The van der Waals surface area contributed by atoms with Crippen LogP contribution in [0, 0.1) is 24.5 Å². The molecule has 0 spiro atoms. The molecule has 1 amide bonds. The van der Waals surface area contributed by atoms with Crippen LogP contribution in [0.1, 0.15) is 24.6 Å². The summed E-state index contributed by atoms with van der Waals surface area (Å²) in [4.78, 5) is 12.9. The highest BCUT2D eigenvalue weighted by Gasteiger charge is 2.60. The normalized spacial score (nSPS) is 20.1. The number of nitrogens with zero attached hydrogens (tertiary/aromatic N) is 2. The maximum Gasteiger partial charge on any atom is 0.228 e. The topological polar surface area (TPSA) is 56.1 Å². The highest BCUT2D eigenvalue weighted by atomic mass is 19.1. The van der Waals surface area contributed by atoms with Crippen molar-refractivity contribution in [3.8, 4) is 5.75 Å². The first-order valence-corrected chi connectivity index (χ1v) is 9.90. The van der Waals surface area contributed by atoms with Gasteiger partial charge in [-0.15, -0.1) is 0 Å². The molecule has 1 aliphatic carbocycles. The van der Waals surface area contributed by atoms with E-state index in [0.717, 1.165) is 17.8 Å². The second kappa shape index (κ2) is 7.89. The first-order chi connectivity index (χ1) is 14.4. The maximum absolute atomic E-state index is 13.9. The molecule has 0 saturated heterocycles. The molecule has 4 rings (SSSR count). The van der Waals surface area contributed by atoms with Crippen molar-refractivity contribution in [1.29, 1.82) is 0 Å². The van der Waals surface area contributed by atoms with Crippen LogP contribution in [0.4, 0.5) is 14.5 Å². The number of hydrogen-bond acceptors (Lipinski definition) is 3. The van der Waals surface area contributed by atoms with Gasteiger partial charge in [0.25, 0.3) is 0 Å². The summed E-state index contributed by atoms with van der Waals surface area (Å²) in [5.74, 6) is -0.657. The zero-order valence-corrected chi connectivity index (χ0v) is 16.9. The number of hydrogen-bond donors (Lipinski definition) is 1. The molecule has 0 aliphatic heterocycles. The lowest BCUT2D eigenvalue weighted by Gasteiger charge is -2.19. The molecule has 1 aliphatic rings. The van der Waals surface area contributed by atoms with Crippen LogP contribution in [0.15, 0.2) is 54.7 Å². The van der Waals surface area contributed by atoms with Gasteiger partial charge in [0.2, 0.25) is 5.91 Å². The minimum Gasteiger partial charge on any atom is -0.489 e. The number of carbonyl (C=O) groups excluding carboxylic acids is 1. The summed E-state index contributed by atoms with van der Waals surface area (Å²) in [6, 6.07) is 11.9. The van der Waals surface area contributed by atoms with Crippen LogP contribution in [0.2, 0.25) is 0 Å². The van der Waals surface area contributed by atoms with Crippen molar-refractivity contribution in [3.05, 3.63) is 77.6 Å². The SMILES string of the molecule is CCn1cc(OC[C@@]2(c3cccc(F)c3)C[C@H]2C(=O)Nc2ccc(F)cc2)c(C)n1. The molecule has 2 atom stereocenters. The molecular weight excluding hydrogens is 388 g/mol. The largest absolute Gasteiger partial charge is 0.489 e. The molecule has 7 heteroatoms. The molecule has 156 valence electrons. The molecule has 30 heavy (non-hydrogen) atoms. The van der Waals surface area contributed by atoms with Crippen molar-refractivity contribution in [2.45, 2.75) is 32.2 Å². The van der Waals surface area contributed by atoms with Gasteiger partial charge in [0.05, 0.1) is 18.7 Å². The van der Waals surface area contributed by atoms with Gasteiger partial charge in [-0.1, -0.05) is 12.1 Å². The highest BCUT2D eigenvalue weighted by molar-refractivity contribution is 5.96. The predicted molar refractivity (Wildman–Crippen MR) is 109 cm³/mol. The van der Waals surface area contributed by atoms with Crippen molar-refractivity contribution >= 4 is 11.6 Å². The van der Waals surface area contributed by atoms with Crippen LogP contribution in [0.25, 0.3) is 0 Å². The summed E-state index contributed by atoms with van der Waals surface area (Å²) in [5.41, 5.74) is 1.37. The van der Waals surface area contributed by atoms with E-state index in [4.69, 9.17) is 4.74 Å². The number of anilines is 1. The molecule has 1 N–H and O–H groups in total. The Bertz CT molecular complexity index is 1060. The van der Waals surface area contributed by atoms with Gasteiger partial charge in [0.1, 0.15) is 17.3 Å². The third-order valence-corrected chi connectivity index (χ3v) is 5.61. The quantitative estimate of drug-likeness (QED) is 0.624. The second-order valence-electron chi connectivity index (χ2n) is 7.64. The molecule has 1 fully saturated rings. The van der Waals surface area contributed by atoms with Crippen LogP contribution in [0.3, 0.4) is 0 Å². The smallest absolute Gasteiger partial charge is 0.228 e. The van der Waals surface area contributed by atoms with Gasteiger partial charge in [-0.2, -0.15) is 5.10 Å². The minimum absolute atomic E-state index is 0.199. The molecule has 1 aromatic heterocycles. The molecular formula is C23H23F2N3O2. The maximum atomic E-state index is 13.9. The summed E-state index contributed by atoms with van der Waals surface area (Å²) in [7, 11) is 0. The fraction of sp³-hybridized carbons (Fsp3) is 0.304. The summed E-state index contributed by atoms with van der Waals surface area (Å²) in [6.45, 7) is 4.80. The van der Waals surface area contributed by atoms with E-state index in [2.05, 4.69) is 10.4 Å². The predicted octanol–water partition coefficient (Wildman–Crippen LogP) is 4.47. The summed E-state index contributed by atoms with van der Waals surface area (Å²) < 4.78 is 34.9. The number of carbonyl (C=O) groups is 1. The van der Waals surface area contributed by atoms with Crippen molar-refractivity contribution in [2.75, 3.05) is 11.9 Å². The number of aromatic nitrogens is 2. The summed E-state index contributed by atoms with van der Waals surface area (Å²) in [5, 5.41) is 7.20. The van der Waals surface area contributed by atoms with Gasteiger partial charge in [0.15, 0.2) is 5.75 Å². The monoisotopic (exact) mass is 411 g/mol. The standard InChI is InChI=1S/C23H23F2N3O2/c1-3-28-13-21(15(2)27-28)30-14-23(16-5-4-6-18(25)11-16)12-20(23)22(29)26-19-9-7-17(24)8-10-19/h4-11,13,20H,3,12,14H2,1-2H3,(H,26,29)/t20-,23+/m0/s1. The van der Waals surface area contributed by atoms with E-state index in [9.17, 15) is 13.6 Å². The Balaban J connectivity index is 1.55. The van der Waals surface area contributed by atoms with Crippen LogP contribution < -0.4 is 10.1 Å². The van der Waals surface area contributed by atoms with Gasteiger partial charge in [-0.05, 0) is 62.2 Å². The fourth-order valence-electron chi connectivity index (χ4n) is 3.78. The lowest BCUT2D eigenvalue weighted by molar-refractivity contribution is -0.117. The second-order valence-corrected chi connectivity index (χ2v) is 7.64. The van der Waals surface area contributed by atoms with Crippen molar-refractivity contribution < 1.29 is 18.3 Å². The molecule has 0 radical (unpaired) electrons. The first kappa shape index (κ1) is 20.1. The third kappa shape index (κ3) is 3.92. The number of nitrogens with one attached hydrogen (secondary N) is 1. The Labute approximate surface area is 173 Å². The lowest BCUT2D eigenvalue weighted by Crippen LogP contribution is -2.26. The minimum atomic E-state index is -0.632. The Kier molecular flexibility index (Phi) is 5.28. The average molecular weight is 411 g/mol. The van der Waals surface area contributed by atoms with E-state index in [1.165, 1.54) is 36.4 Å². The summed E-state index contributed by atoms with van der Waals surface area (Å²) >= 11 is 0. The molecule has 1 saturated carbocycles. The Morgan fingerprint density at radius 1 is 1.23 bits per heavy atom. The Morgan fingerprint density at radius 3 is 2.67 bits per heavy atom. The van der Waals surface area contributed by atoms with Gasteiger partial charge >= 0.3 is 0 Å². The summed E-state index contributed by atoms with van der Waals surface area (Å²) in [6.07, 6.45) is 2.36. The zero-order chi connectivity index (χ0) is 21.3. The molecule has 3 aromatic rings. The van der Waals surface area contributed by atoms with E-state index in [0.29, 0.717) is 17.9 Å². The van der Waals surface area contributed by atoms with Crippen LogP contribution in [-0.2, 0) is 16.8 Å². The average Bonchev–Trinajstić information content (AvgIpc) is 3.37. The third-order valence-electron chi connectivity index (χ3n) is 5.61. The Morgan fingerprint density at radius 2 is 2.00 bits per heavy atom. The Hall–Kier alpha value is -3.22. The van der Waals surface area contributed by atoms with Crippen molar-refractivity contribution in [2.24, 2.45) is 5.92 Å². The van der Waals surface area contributed by atoms with Gasteiger partial charge in [-0.25, -0.2) is 8.78 Å². The van der Waals surface area contributed by atoms with E-state index in [1.54, 1.807) is 10.7 Å². The van der Waals surface area contributed by atoms with Crippen LogP contribution in [-0.4, -0.2) is 22.3 Å². The van der Waals surface area contributed by atoms with Gasteiger partial charge in [0, 0.05) is 17.6 Å². The van der Waals surface area contributed by atoms with Crippen LogP contribution >= 0.6 is 0 Å². The van der Waals surface area contributed by atoms with E-state index >= 15 is 0 Å². The molecule has 2 aromatic carbocycles. The number of amides is 1. The molecule has 0 unspecified atom stereocenters. The number of rotatable bonds is 7. The number of halogens is 2. The molecule has 5 nitrogen and oxygen atoms in total. The first-order valence-electron chi connectivity index (χ1n) is 9.90.